The van der Waals surface area contributed by atoms with Gasteiger partial charge in [0.1, 0.15) is 0 Å². The SMILES string of the molecule is COC(OC)C(O)(O)c1ccccc1. The van der Waals surface area contributed by atoms with Crippen LogP contribution in [0.4, 0.5) is 0 Å². The second-order valence-corrected chi connectivity index (χ2v) is 2.90. The van der Waals surface area contributed by atoms with Gasteiger partial charge in [-0.2, -0.15) is 0 Å². The third kappa shape index (κ3) is 2.10. The molecule has 0 aromatic heterocycles. The molecule has 0 radical (unpaired) electrons. The van der Waals surface area contributed by atoms with Crippen LogP contribution in [0.25, 0.3) is 0 Å². The van der Waals surface area contributed by atoms with Gasteiger partial charge in [0.05, 0.1) is 0 Å². The largest absolute Gasteiger partial charge is 0.358 e. The average molecular weight is 198 g/mol. The molecule has 0 aliphatic rings. The normalized spacial score (nSPS) is 12.1. The fourth-order valence-corrected chi connectivity index (χ4v) is 1.24. The Kier molecular flexibility index (Phi) is 3.60. The summed E-state index contributed by atoms with van der Waals surface area (Å²) in [7, 11) is 2.69. The molecule has 1 rings (SSSR count). The lowest BCUT2D eigenvalue weighted by atomic mass is 10.1. The van der Waals surface area contributed by atoms with Gasteiger partial charge >= 0.3 is 0 Å². The van der Waals surface area contributed by atoms with Gasteiger partial charge in [-0.25, -0.2) is 0 Å². The summed E-state index contributed by atoms with van der Waals surface area (Å²) in [5.74, 6) is -2.13. The number of hydrogen-bond donors (Lipinski definition) is 2. The molecule has 0 unspecified atom stereocenters. The quantitative estimate of drug-likeness (QED) is 0.689. The Hall–Kier alpha value is -0.940. The van der Waals surface area contributed by atoms with Crippen molar-refractivity contribution < 1.29 is 19.7 Å². The molecule has 0 aliphatic carbocycles. The van der Waals surface area contributed by atoms with E-state index in [0.717, 1.165) is 0 Å². The Bertz CT molecular complexity index is 267. The van der Waals surface area contributed by atoms with Crippen LogP contribution in [0, 0.1) is 0 Å². The molecule has 4 heteroatoms. The van der Waals surface area contributed by atoms with E-state index in [9.17, 15) is 10.2 Å². The van der Waals surface area contributed by atoms with Crippen LogP contribution in [0.1, 0.15) is 5.56 Å². The summed E-state index contributed by atoms with van der Waals surface area (Å²) in [6.45, 7) is 0. The van der Waals surface area contributed by atoms with Crippen LogP contribution in [0.3, 0.4) is 0 Å². The van der Waals surface area contributed by atoms with E-state index >= 15 is 0 Å². The van der Waals surface area contributed by atoms with Gasteiger partial charge in [0.2, 0.25) is 12.1 Å². The molecule has 0 spiro atoms. The highest BCUT2D eigenvalue weighted by atomic mass is 16.7. The van der Waals surface area contributed by atoms with E-state index in [0.29, 0.717) is 5.56 Å². The Labute approximate surface area is 82.7 Å². The minimum atomic E-state index is -2.13. The highest BCUT2D eigenvalue weighted by Gasteiger charge is 2.36. The number of benzene rings is 1. The monoisotopic (exact) mass is 198 g/mol. The molecule has 0 aliphatic heterocycles. The van der Waals surface area contributed by atoms with Crippen molar-refractivity contribution in [2.24, 2.45) is 0 Å². The van der Waals surface area contributed by atoms with Gasteiger partial charge in [0.25, 0.3) is 0 Å². The van der Waals surface area contributed by atoms with Gasteiger partial charge in [-0.15, -0.1) is 0 Å². The smallest absolute Gasteiger partial charge is 0.243 e. The molecule has 1 aromatic rings. The summed E-state index contributed by atoms with van der Waals surface area (Å²) in [4.78, 5) is 0. The highest BCUT2D eigenvalue weighted by Crippen LogP contribution is 2.23. The first-order valence-corrected chi connectivity index (χ1v) is 4.18. The maximum Gasteiger partial charge on any atom is 0.243 e. The van der Waals surface area contributed by atoms with Crippen molar-refractivity contribution in [3.63, 3.8) is 0 Å². The van der Waals surface area contributed by atoms with Crippen molar-refractivity contribution in [3.05, 3.63) is 35.9 Å². The lowest BCUT2D eigenvalue weighted by molar-refractivity contribution is -0.314. The van der Waals surface area contributed by atoms with Crippen LogP contribution in [-0.4, -0.2) is 30.7 Å². The average Bonchev–Trinajstić information content (AvgIpc) is 2.20. The van der Waals surface area contributed by atoms with Crippen molar-refractivity contribution in [3.8, 4) is 0 Å². The summed E-state index contributed by atoms with van der Waals surface area (Å²) in [6, 6.07) is 8.38. The van der Waals surface area contributed by atoms with Crippen molar-refractivity contribution in [1.82, 2.24) is 0 Å². The molecule has 0 saturated heterocycles. The van der Waals surface area contributed by atoms with Gasteiger partial charge in [0, 0.05) is 19.8 Å². The van der Waals surface area contributed by atoms with Crippen LogP contribution in [0.5, 0.6) is 0 Å². The van der Waals surface area contributed by atoms with E-state index < -0.39 is 12.1 Å². The fourth-order valence-electron chi connectivity index (χ4n) is 1.24. The Morgan fingerprint density at radius 1 is 1.07 bits per heavy atom. The van der Waals surface area contributed by atoms with E-state index in [-0.39, 0.29) is 0 Å². The predicted octanol–water partition coefficient (Wildman–Crippen LogP) is 0.443. The molecule has 0 saturated carbocycles. The summed E-state index contributed by atoms with van der Waals surface area (Å²) in [5, 5.41) is 19.5. The van der Waals surface area contributed by atoms with Gasteiger partial charge in [0.15, 0.2) is 0 Å². The lowest BCUT2D eigenvalue weighted by Crippen LogP contribution is -2.41. The zero-order valence-electron chi connectivity index (χ0n) is 8.18. The summed E-state index contributed by atoms with van der Waals surface area (Å²) in [6.07, 6.45) is -1.11. The second kappa shape index (κ2) is 4.52. The topological polar surface area (TPSA) is 58.9 Å². The zero-order chi connectivity index (χ0) is 10.6. The minimum absolute atomic E-state index is 0.328. The van der Waals surface area contributed by atoms with Crippen LogP contribution in [-0.2, 0) is 15.3 Å². The molecular formula is C10H14O4. The molecule has 0 fully saturated rings. The Morgan fingerprint density at radius 2 is 1.57 bits per heavy atom. The molecule has 0 atom stereocenters. The van der Waals surface area contributed by atoms with Crippen LogP contribution >= 0.6 is 0 Å². The number of aliphatic hydroxyl groups is 2. The zero-order valence-corrected chi connectivity index (χ0v) is 8.18. The number of rotatable bonds is 4. The lowest BCUT2D eigenvalue weighted by Gasteiger charge is -2.28. The summed E-state index contributed by atoms with van der Waals surface area (Å²) < 4.78 is 9.59. The van der Waals surface area contributed by atoms with Crippen LogP contribution in [0.15, 0.2) is 30.3 Å². The van der Waals surface area contributed by atoms with Crippen molar-refractivity contribution in [2.45, 2.75) is 12.1 Å². The highest BCUT2D eigenvalue weighted by molar-refractivity contribution is 5.20. The Morgan fingerprint density at radius 3 is 2.00 bits per heavy atom. The fraction of sp³-hybridized carbons (Fsp3) is 0.400. The maximum absolute atomic E-state index is 9.75. The first-order valence-electron chi connectivity index (χ1n) is 4.18. The van der Waals surface area contributed by atoms with Crippen molar-refractivity contribution in [1.29, 1.82) is 0 Å². The summed E-state index contributed by atoms with van der Waals surface area (Å²) >= 11 is 0. The maximum atomic E-state index is 9.75. The molecule has 4 nitrogen and oxygen atoms in total. The first-order chi connectivity index (χ1) is 6.62. The number of methoxy groups -OCH3 is 2. The van der Waals surface area contributed by atoms with Gasteiger partial charge in [-0.1, -0.05) is 30.3 Å². The van der Waals surface area contributed by atoms with E-state index in [2.05, 4.69) is 0 Å². The molecule has 14 heavy (non-hydrogen) atoms. The standard InChI is InChI=1S/C10H14O4/c1-13-9(14-2)10(11,12)8-6-4-3-5-7-8/h3-7,9,11-12H,1-2H3. The number of ether oxygens (including phenoxy) is 2. The van der Waals surface area contributed by atoms with Gasteiger partial charge in [-0.3, -0.25) is 0 Å². The predicted molar refractivity (Wildman–Crippen MR) is 50.4 cm³/mol. The Balaban J connectivity index is 2.94. The second-order valence-electron chi connectivity index (χ2n) is 2.90. The minimum Gasteiger partial charge on any atom is -0.358 e. The molecule has 78 valence electrons. The molecular weight excluding hydrogens is 184 g/mol. The van der Waals surface area contributed by atoms with Crippen LogP contribution < -0.4 is 0 Å². The molecule has 0 bridgehead atoms. The molecule has 0 amide bonds. The van der Waals surface area contributed by atoms with E-state index in [1.807, 2.05) is 0 Å². The molecule has 0 heterocycles. The molecule has 2 N–H and O–H groups in total. The third-order valence-electron chi connectivity index (χ3n) is 1.96. The first kappa shape index (κ1) is 11.1. The van der Waals surface area contributed by atoms with Crippen LogP contribution in [0.2, 0.25) is 0 Å². The van der Waals surface area contributed by atoms with Crippen molar-refractivity contribution in [2.75, 3.05) is 14.2 Å². The van der Waals surface area contributed by atoms with Gasteiger partial charge < -0.3 is 19.7 Å². The number of hydrogen-bond acceptors (Lipinski definition) is 4. The van der Waals surface area contributed by atoms with E-state index in [1.165, 1.54) is 14.2 Å². The molecule has 1 aromatic carbocycles. The van der Waals surface area contributed by atoms with E-state index in [1.54, 1.807) is 30.3 Å². The van der Waals surface area contributed by atoms with Gasteiger partial charge in [-0.05, 0) is 0 Å². The van der Waals surface area contributed by atoms with Crippen molar-refractivity contribution >= 4 is 0 Å². The third-order valence-corrected chi connectivity index (χ3v) is 1.96. The summed E-state index contributed by atoms with van der Waals surface area (Å²) in [5.41, 5.74) is 0.328. The van der Waals surface area contributed by atoms with E-state index in [4.69, 9.17) is 9.47 Å².